The van der Waals surface area contributed by atoms with Crippen molar-refractivity contribution in [3.63, 3.8) is 0 Å². The molecule has 114 valence electrons. The predicted octanol–water partition coefficient (Wildman–Crippen LogP) is 1.22. The number of benzene rings is 1. The van der Waals surface area contributed by atoms with Crippen molar-refractivity contribution in [1.29, 1.82) is 0 Å². The van der Waals surface area contributed by atoms with Crippen LogP contribution in [0, 0.1) is 0 Å². The van der Waals surface area contributed by atoms with Crippen molar-refractivity contribution in [3.8, 4) is 5.75 Å². The molecule has 3 amide bonds. The van der Waals surface area contributed by atoms with E-state index in [2.05, 4.69) is 21.2 Å². The lowest BCUT2D eigenvalue weighted by atomic mass is 10.3. The molecule has 7 nitrogen and oxygen atoms in total. The van der Waals surface area contributed by atoms with Gasteiger partial charge in [-0.2, -0.15) is 0 Å². The molecule has 0 fully saturated rings. The molecule has 0 saturated heterocycles. The van der Waals surface area contributed by atoms with Crippen LogP contribution in [0.25, 0.3) is 0 Å². The van der Waals surface area contributed by atoms with E-state index in [1.165, 1.54) is 14.0 Å². The van der Waals surface area contributed by atoms with Crippen LogP contribution < -0.4 is 15.4 Å². The monoisotopic (exact) mass is 358 g/mol. The van der Waals surface area contributed by atoms with E-state index in [1.807, 2.05) is 11.4 Å². The molecule has 1 rings (SSSR count). The SMILES string of the molecule is CNC(=O)NC(=O)[C@@H](C)OC(=O)COc1cccc(Br)c1. The van der Waals surface area contributed by atoms with E-state index >= 15 is 0 Å². The van der Waals surface area contributed by atoms with Gasteiger partial charge in [0.2, 0.25) is 0 Å². The maximum atomic E-state index is 11.5. The molecular weight excluding hydrogens is 344 g/mol. The summed E-state index contributed by atoms with van der Waals surface area (Å²) in [7, 11) is 1.37. The first kappa shape index (κ1) is 17.0. The third-order valence-electron chi connectivity index (χ3n) is 2.29. The Balaban J connectivity index is 2.39. The Morgan fingerprint density at radius 1 is 1.33 bits per heavy atom. The van der Waals surface area contributed by atoms with Gasteiger partial charge < -0.3 is 14.8 Å². The molecule has 0 bridgehead atoms. The minimum absolute atomic E-state index is 0.339. The molecule has 0 unspecified atom stereocenters. The van der Waals surface area contributed by atoms with Gasteiger partial charge in [0, 0.05) is 11.5 Å². The smallest absolute Gasteiger partial charge is 0.344 e. The Morgan fingerprint density at radius 3 is 2.67 bits per heavy atom. The summed E-state index contributed by atoms with van der Waals surface area (Å²) in [4.78, 5) is 33.9. The second kappa shape index (κ2) is 8.25. The fourth-order valence-corrected chi connectivity index (χ4v) is 1.64. The molecule has 0 aromatic heterocycles. The maximum absolute atomic E-state index is 11.5. The number of carbonyl (C=O) groups is 3. The average Bonchev–Trinajstić information content (AvgIpc) is 2.45. The summed E-state index contributed by atoms with van der Waals surface area (Å²) >= 11 is 3.27. The number of hydrogen-bond acceptors (Lipinski definition) is 5. The van der Waals surface area contributed by atoms with E-state index in [1.54, 1.807) is 18.2 Å². The molecule has 0 heterocycles. The van der Waals surface area contributed by atoms with E-state index < -0.39 is 24.0 Å². The number of rotatable bonds is 5. The number of halogens is 1. The summed E-state index contributed by atoms with van der Waals surface area (Å²) in [5, 5.41) is 4.22. The van der Waals surface area contributed by atoms with Crippen molar-refractivity contribution in [2.24, 2.45) is 0 Å². The zero-order chi connectivity index (χ0) is 15.8. The van der Waals surface area contributed by atoms with Crippen LogP contribution in [-0.2, 0) is 14.3 Å². The van der Waals surface area contributed by atoms with E-state index in [0.29, 0.717) is 5.75 Å². The number of urea groups is 1. The van der Waals surface area contributed by atoms with E-state index in [-0.39, 0.29) is 6.61 Å². The average molecular weight is 359 g/mol. The minimum Gasteiger partial charge on any atom is -0.482 e. The lowest BCUT2D eigenvalue weighted by Crippen LogP contribution is -2.43. The number of carbonyl (C=O) groups excluding carboxylic acids is 3. The van der Waals surface area contributed by atoms with Gasteiger partial charge in [0.05, 0.1) is 0 Å². The summed E-state index contributed by atoms with van der Waals surface area (Å²) < 4.78 is 10.9. The number of esters is 1. The molecule has 0 aliphatic heterocycles. The number of nitrogens with one attached hydrogen (secondary N) is 2. The zero-order valence-electron chi connectivity index (χ0n) is 11.5. The molecule has 21 heavy (non-hydrogen) atoms. The third-order valence-corrected chi connectivity index (χ3v) is 2.79. The topological polar surface area (TPSA) is 93.7 Å². The molecule has 0 aliphatic carbocycles. The predicted molar refractivity (Wildman–Crippen MR) is 77.8 cm³/mol. The van der Waals surface area contributed by atoms with Crippen LogP contribution in [-0.4, -0.2) is 37.7 Å². The second-order valence-corrected chi connectivity index (χ2v) is 4.86. The number of amides is 3. The molecule has 1 aromatic rings. The number of imide groups is 1. The molecule has 0 aliphatic rings. The first-order chi connectivity index (χ1) is 9.92. The van der Waals surface area contributed by atoms with E-state index in [9.17, 15) is 14.4 Å². The van der Waals surface area contributed by atoms with Crippen LogP contribution in [0.2, 0.25) is 0 Å². The number of ether oxygens (including phenoxy) is 2. The van der Waals surface area contributed by atoms with Crippen molar-refractivity contribution >= 4 is 33.8 Å². The van der Waals surface area contributed by atoms with Gasteiger partial charge in [-0.05, 0) is 25.1 Å². The van der Waals surface area contributed by atoms with E-state index in [4.69, 9.17) is 9.47 Å². The van der Waals surface area contributed by atoms with Crippen molar-refractivity contribution in [1.82, 2.24) is 10.6 Å². The van der Waals surface area contributed by atoms with Crippen LogP contribution in [0.5, 0.6) is 5.75 Å². The fraction of sp³-hybridized carbons (Fsp3) is 0.308. The molecule has 0 saturated carbocycles. The van der Waals surface area contributed by atoms with Gasteiger partial charge in [-0.25, -0.2) is 9.59 Å². The Hall–Kier alpha value is -2.09. The van der Waals surface area contributed by atoms with Crippen LogP contribution in [0.15, 0.2) is 28.7 Å². The first-order valence-electron chi connectivity index (χ1n) is 6.02. The lowest BCUT2D eigenvalue weighted by molar-refractivity contribution is -0.156. The highest BCUT2D eigenvalue weighted by atomic mass is 79.9. The van der Waals surface area contributed by atoms with Gasteiger partial charge >= 0.3 is 12.0 Å². The molecular formula is C13H15BrN2O5. The third kappa shape index (κ3) is 6.26. The largest absolute Gasteiger partial charge is 0.482 e. The highest BCUT2D eigenvalue weighted by molar-refractivity contribution is 9.10. The Morgan fingerprint density at radius 2 is 2.05 bits per heavy atom. The second-order valence-electron chi connectivity index (χ2n) is 3.95. The van der Waals surface area contributed by atoms with Crippen molar-refractivity contribution in [2.45, 2.75) is 13.0 Å². The molecule has 0 spiro atoms. The molecule has 8 heteroatoms. The fourth-order valence-electron chi connectivity index (χ4n) is 1.26. The summed E-state index contributed by atoms with van der Waals surface area (Å²) in [6.45, 7) is 1.02. The van der Waals surface area contributed by atoms with Gasteiger partial charge in [-0.15, -0.1) is 0 Å². The van der Waals surface area contributed by atoms with Crippen LogP contribution >= 0.6 is 15.9 Å². The number of hydrogen-bond donors (Lipinski definition) is 2. The summed E-state index contributed by atoms with van der Waals surface area (Å²) in [5.41, 5.74) is 0. The van der Waals surface area contributed by atoms with Crippen LogP contribution in [0.3, 0.4) is 0 Å². The highest BCUT2D eigenvalue weighted by Gasteiger charge is 2.19. The van der Waals surface area contributed by atoms with Gasteiger partial charge in [-0.3, -0.25) is 10.1 Å². The standard InChI is InChI=1S/C13H15BrN2O5/c1-8(12(18)16-13(19)15-2)21-11(17)7-20-10-5-3-4-9(14)6-10/h3-6,8H,7H2,1-2H3,(H2,15,16,18,19)/t8-/m1/s1. The summed E-state index contributed by atoms with van der Waals surface area (Å²) in [6, 6.07) is 6.27. The quantitative estimate of drug-likeness (QED) is 0.771. The minimum atomic E-state index is -1.10. The van der Waals surface area contributed by atoms with E-state index in [0.717, 1.165) is 4.47 Å². The van der Waals surface area contributed by atoms with Gasteiger partial charge in [0.15, 0.2) is 12.7 Å². The van der Waals surface area contributed by atoms with Crippen LogP contribution in [0.4, 0.5) is 4.79 Å². The first-order valence-corrected chi connectivity index (χ1v) is 6.82. The van der Waals surface area contributed by atoms with Crippen LogP contribution in [0.1, 0.15) is 6.92 Å². The van der Waals surface area contributed by atoms with Crippen molar-refractivity contribution in [3.05, 3.63) is 28.7 Å². The zero-order valence-corrected chi connectivity index (χ0v) is 13.1. The van der Waals surface area contributed by atoms with Gasteiger partial charge in [0.1, 0.15) is 5.75 Å². The summed E-state index contributed by atoms with van der Waals surface area (Å²) in [5.74, 6) is -0.941. The normalized spacial score (nSPS) is 11.2. The lowest BCUT2D eigenvalue weighted by Gasteiger charge is -2.13. The Kier molecular flexibility index (Phi) is 6.67. The Labute approximate surface area is 130 Å². The highest BCUT2D eigenvalue weighted by Crippen LogP contribution is 2.17. The Bertz CT molecular complexity index is 535. The molecule has 0 radical (unpaired) electrons. The van der Waals surface area contributed by atoms with Crippen molar-refractivity contribution in [2.75, 3.05) is 13.7 Å². The maximum Gasteiger partial charge on any atom is 0.344 e. The van der Waals surface area contributed by atoms with Crippen molar-refractivity contribution < 1.29 is 23.9 Å². The molecule has 1 atom stereocenters. The summed E-state index contributed by atoms with van der Waals surface area (Å²) in [6.07, 6.45) is -1.10. The molecule has 1 aromatic carbocycles. The molecule has 2 N–H and O–H groups in total. The van der Waals surface area contributed by atoms with Gasteiger partial charge in [-0.1, -0.05) is 22.0 Å². The van der Waals surface area contributed by atoms with Gasteiger partial charge in [0.25, 0.3) is 5.91 Å².